The average Bonchev–Trinajstić information content (AvgIpc) is 3.38. The van der Waals surface area contributed by atoms with E-state index in [9.17, 15) is 9.59 Å². The molecule has 140 valence electrons. The van der Waals surface area contributed by atoms with E-state index in [0.29, 0.717) is 29.9 Å². The van der Waals surface area contributed by atoms with Gasteiger partial charge in [0.25, 0.3) is 11.8 Å². The Morgan fingerprint density at radius 2 is 1.86 bits per heavy atom. The number of fused-ring (bicyclic) bond motifs is 1. The Hall–Kier alpha value is -3.52. The van der Waals surface area contributed by atoms with Crippen LogP contribution in [-0.2, 0) is 6.42 Å². The number of carbonyl (C=O) groups excluding carboxylic acids is 2. The first kappa shape index (κ1) is 17.9. The second-order valence-corrected chi connectivity index (χ2v) is 6.95. The van der Waals surface area contributed by atoms with Crippen molar-refractivity contribution < 1.29 is 9.59 Å². The van der Waals surface area contributed by atoms with E-state index in [1.54, 1.807) is 36.8 Å². The summed E-state index contributed by atoms with van der Waals surface area (Å²) in [7, 11) is 0. The number of aromatic nitrogens is 3. The first-order valence-electron chi connectivity index (χ1n) is 8.72. The first-order valence-corrected chi connectivity index (χ1v) is 9.49. The molecule has 0 aliphatic carbocycles. The molecule has 0 aliphatic rings. The lowest BCUT2D eigenvalue weighted by Gasteiger charge is -2.07. The van der Waals surface area contributed by atoms with Crippen molar-refractivity contribution in [2.45, 2.75) is 6.42 Å². The summed E-state index contributed by atoms with van der Waals surface area (Å²) < 4.78 is 5.22. The standard InChI is InChI=1S/C20H17N5O2S/c26-19(22-10-9-15-11-21-12-23-15)13-5-7-14(8-6-13)24-20(27)18-16-3-1-2-4-17(16)28-25-18/h1-8,11-12H,9-10H2,(H,21,23)(H,22,26)(H,24,27). The summed E-state index contributed by atoms with van der Waals surface area (Å²) in [6.45, 7) is 0.510. The Balaban J connectivity index is 1.36. The second-order valence-electron chi connectivity index (χ2n) is 6.14. The molecule has 0 aliphatic heterocycles. The fraction of sp³-hybridized carbons (Fsp3) is 0.100. The summed E-state index contributed by atoms with van der Waals surface area (Å²) in [5.74, 6) is -0.433. The minimum absolute atomic E-state index is 0.164. The fourth-order valence-electron chi connectivity index (χ4n) is 2.78. The number of benzene rings is 2. The predicted molar refractivity (Wildman–Crippen MR) is 109 cm³/mol. The van der Waals surface area contributed by atoms with Gasteiger partial charge in [0, 0.05) is 41.5 Å². The third-order valence-corrected chi connectivity index (χ3v) is 5.06. The molecule has 4 rings (SSSR count). The highest BCUT2D eigenvalue weighted by molar-refractivity contribution is 7.13. The van der Waals surface area contributed by atoms with E-state index < -0.39 is 0 Å². The topological polar surface area (TPSA) is 99.8 Å². The lowest BCUT2D eigenvalue weighted by atomic mass is 10.1. The third-order valence-electron chi connectivity index (χ3n) is 4.23. The number of imidazole rings is 1. The zero-order valence-electron chi connectivity index (χ0n) is 14.8. The van der Waals surface area contributed by atoms with Crippen molar-refractivity contribution in [3.05, 3.63) is 78.0 Å². The number of rotatable bonds is 6. The van der Waals surface area contributed by atoms with E-state index in [2.05, 4.69) is 25.0 Å². The van der Waals surface area contributed by atoms with E-state index in [1.807, 2.05) is 24.3 Å². The molecule has 0 saturated heterocycles. The maximum absolute atomic E-state index is 12.5. The van der Waals surface area contributed by atoms with E-state index in [4.69, 9.17) is 0 Å². The molecule has 0 atom stereocenters. The summed E-state index contributed by atoms with van der Waals surface area (Å²) in [6, 6.07) is 14.4. The number of aromatic amines is 1. The van der Waals surface area contributed by atoms with E-state index in [1.165, 1.54) is 11.5 Å². The smallest absolute Gasteiger partial charge is 0.276 e. The Labute approximate surface area is 165 Å². The van der Waals surface area contributed by atoms with Gasteiger partial charge in [0.1, 0.15) is 5.69 Å². The molecule has 0 radical (unpaired) electrons. The van der Waals surface area contributed by atoms with Crippen LogP contribution in [0, 0.1) is 0 Å². The van der Waals surface area contributed by atoms with Crippen molar-refractivity contribution in [1.82, 2.24) is 19.7 Å². The zero-order chi connectivity index (χ0) is 19.3. The molecule has 0 saturated carbocycles. The van der Waals surface area contributed by atoms with Crippen LogP contribution in [0.4, 0.5) is 5.69 Å². The van der Waals surface area contributed by atoms with Crippen LogP contribution in [0.2, 0.25) is 0 Å². The number of hydrogen-bond donors (Lipinski definition) is 3. The Morgan fingerprint density at radius 1 is 1.04 bits per heavy atom. The maximum atomic E-state index is 12.5. The molecule has 0 spiro atoms. The molecule has 8 heteroatoms. The van der Waals surface area contributed by atoms with Crippen LogP contribution in [0.5, 0.6) is 0 Å². The third kappa shape index (κ3) is 3.91. The van der Waals surface area contributed by atoms with Gasteiger partial charge < -0.3 is 15.6 Å². The normalized spacial score (nSPS) is 10.7. The Morgan fingerprint density at radius 3 is 2.64 bits per heavy atom. The van der Waals surface area contributed by atoms with Gasteiger partial charge in [0.2, 0.25) is 0 Å². The lowest BCUT2D eigenvalue weighted by Crippen LogP contribution is -2.25. The molecule has 3 N–H and O–H groups in total. The number of carbonyl (C=O) groups is 2. The summed E-state index contributed by atoms with van der Waals surface area (Å²) in [5.41, 5.74) is 2.51. The number of anilines is 1. The summed E-state index contributed by atoms with van der Waals surface area (Å²) in [6.07, 6.45) is 4.02. The lowest BCUT2D eigenvalue weighted by molar-refractivity contribution is 0.0953. The minimum Gasteiger partial charge on any atom is -0.352 e. The number of nitrogens with one attached hydrogen (secondary N) is 3. The average molecular weight is 391 g/mol. The summed E-state index contributed by atoms with van der Waals surface area (Å²) in [4.78, 5) is 31.6. The number of amides is 2. The molecule has 7 nitrogen and oxygen atoms in total. The molecule has 2 heterocycles. The molecular weight excluding hydrogens is 374 g/mol. The Kier molecular flexibility index (Phi) is 5.11. The van der Waals surface area contributed by atoms with Crippen molar-refractivity contribution in [2.75, 3.05) is 11.9 Å². The minimum atomic E-state index is -0.269. The molecule has 2 amide bonds. The molecule has 2 aromatic heterocycles. The Bertz CT molecular complexity index is 1100. The predicted octanol–water partition coefficient (Wildman–Crippen LogP) is 3.24. The van der Waals surface area contributed by atoms with Gasteiger partial charge in [-0.05, 0) is 41.9 Å². The SMILES string of the molecule is O=C(NCCc1cnc[nH]1)c1ccc(NC(=O)c2nsc3ccccc23)cc1. The highest BCUT2D eigenvalue weighted by Gasteiger charge is 2.14. The second kappa shape index (κ2) is 8.01. The number of hydrogen-bond acceptors (Lipinski definition) is 5. The van der Waals surface area contributed by atoms with Crippen LogP contribution in [0.15, 0.2) is 61.1 Å². The van der Waals surface area contributed by atoms with Gasteiger partial charge in [0.15, 0.2) is 0 Å². The monoisotopic (exact) mass is 391 g/mol. The van der Waals surface area contributed by atoms with Crippen LogP contribution < -0.4 is 10.6 Å². The molecule has 0 bridgehead atoms. The molecule has 0 fully saturated rings. The van der Waals surface area contributed by atoms with Crippen LogP contribution in [-0.4, -0.2) is 32.7 Å². The zero-order valence-corrected chi connectivity index (χ0v) is 15.6. The van der Waals surface area contributed by atoms with Gasteiger partial charge in [-0.25, -0.2) is 4.98 Å². The van der Waals surface area contributed by atoms with Crippen LogP contribution in [0.25, 0.3) is 10.1 Å². The van der Waals surface area contributed by atoms with E-state index >= 15 is 0 Å². The van der Waals surface area contributed by atoms with Crippen molar-refractivity contribution in [2.24, 2.45) is 0 Å². The van der Waals surface area contributed by atoms with Gasteiger partial charge >= 0.3 is 0 Å². The van der Waals surface area contributed by atoms with Gasteiger partial charge in [-0.15, -0.1) is 0 Å². The van der Waals surface area contributed by atoms with Crippen molar-refractivity contribution in [3.8, 4) is 0 Å². The van der Waals surface area contributed by atoms with Crippen molar-refractivity contribution in [1.29, 1.82) is 0 Å². The van der Waals surface area contributed by atoms with Crippen LogP contribution >= 0.6 is 11.5 Å². The van der Waals surface area contributed by atoms with Gasteiger partial charge in [0.05, 0.1) is 11.0 Å². The van der Waals surface area contributed by atoms with E-state index in [-0.39, 0.29) is 11.8 Å². The van der Waals surface area contributed by atoms with E-state index in [0.717, 1.165) is 15.8 Å². The fourth-order valence-corrected chi connectivity index (χ4v) is 3.55. The quantitative estimate of drug-likeness (QED) is 0.470. The molecule has 0 unspecified atom stereocenters. The first-order chi connectivity index (χ1) is 13.7. The molecular formula is C20H17N5O2S. The van der Waals surface area contributed by atoms with Crippen molar-refractivity contribution in [3.63, 3.8) is 0 Å². The molecule has 4 aromatic rings. The largest absolute Gasteiger partial charge is 0.352 e. The highest BCUT2D eigenvalue weighted by atomic mass is 32.1. The summed E-state index contributed by atoms with van der Waals surface area (Å²) >= 11 is 1.30. The van der Waals surface area contributed by atoms with Gasteiger partial charge in [-0.2, -0.15) is 4.37 Å². The number of nitrogens with zero attached hydrogens (tertiary/aromatic N) is 2. The van der Waals surface area contributed by atoms with Crippen LogP contribution in [0.1, 0.15) is 26.5 Å². The van der Waals surface area contributed by atoms with Crippen LogP contribution in [0.3, 0.4) is 0 Å². The molecule has 28 heavy (non-hydrogen) atoms. The molecule has 2 aromatic carbocycles. The van der Waals surface area contributed by atoms with Crippen molar-refractivity contribution >= 4 is 39.1 Å². The van der Waals surface area contributed by atoms with Gasteiger partial charge in [-0.1, -0.05) is 18.2 Å². The maximum Gasteiger partial charge on any atom is 0.276 e. The highest BCUT2D eigenvalue weighted by Crippen LogP contribution is 2.23. The number of H-pyrrole nitrogens is 1. The van der Waals surface area contributed by atoms with Gasteiger partial charge in [-0.3, -0.25) is 9.59 Å². The summed E-state index contributed by atoms with van der Waals surface area (Å²) in [5, 5.41) is 6.52.